The molecule has 0 fully saturated rings. The molecule has 0 spiro atoms. The first-order valence-corrected chi connectivity index (χ1v) is 13.2. The number of aromatic nitrogens is 5. The van der Waals surface area contributed by atoms with Gasteiger partial charge in [-0.2, -0.15) is 4.98 Å². The van der Waals surface area contributed by atoms with Gasteiger partial charge in [0.2, 0.25) is 5.88 Å². The van der Waals surface area contributed by atoms with E-state index in [0.29, 0.717) is 47.2 Å². The van der Waals surface area contributed by atoms with Gasteiger partial charge in [-0.3, -0.25) is 0 Å². The largest absolute Gasteiger partial charge is 0.473 e. The summed E-state index contributed by atoms with van der Waals surface area (Å²) in [6.45, 7) is 4.54. The van der Waals surface area contributed by atoms with Crippen LogP contribution in [-0.4, -0.2) is 37.1 Å². The standard InChI is InChI=1S/C29H30ClN5O3/c1-4-37-29(36)24-12-11-23-28(33-24)35(3)25(32-23)16-19-5-7-20(8-6-19)27-31-14-13-26(34-27)38-17-21-9-10-22(30)15-18(21)2/h7,9-15,19H,4-6,8,16-17H2,1-3H3. The van der Waals surface area contributed by atoms with E-state index in [-0.39, 0.29) is 0 Å². The van der Waals surface area contributed by atoms with E-state index in [9.17, 15) is 4.79 Å². The molecule has 5 rings (SSSR count). The van der Waals surface area contributed by atoms with Crippen molar-refractivity contribution in [3.8, 4) is 5.88 Å². The number of hydrogen-bond acceptors (Lipinski definition) is 7. The lowest BCUT2D eigenvalue weighted by atomic mass is 9.87. The van der Waals surface area contributed by atoms with Crippen molar-refractivity contribution in [1.82, 2.24) is 24.5 Å². The molecule has 3 aromatic heterocycles. The number of rotatable bonds is 8. The number of esters is 1. The van der Waals surface area contributed by atoms with E-state index in [1.807, 2.05) is 42.8 Å². The van der Waals surface area contributed by atoms with E-state index in [2.05, 4.69) is 21.0 Å². The molecule has 4 aromatic rings. The second-order valence-electron chi connectivity index (χ2n) is 9.50. The number of halogens is 1. The second kappa shape index (κ2) is 11.3. The highest BCUT2D eigenvalue weighted by molar-refractivity contribution is 6.30. The third kappa shape index (κ3) is 5.70. The van der Waals surface area contributed by atoms with Crippen LogP contribution in [0.1, 0.15) is 59.5 Å². The molecule has 0 aliphatic heterocycles. The van der Waals surface area contributed by atoms with Crippen LogP contribution >= 0.6 is 11.6 Å². The lowest BCUT2D eigenvalue weighted by Crippen LogP contribution is -2.13. The molecule has 1 aliphatic carbocycles. The summed E-state index contributed by atoms with van der Waals surface area (Å²) in [4.78, 5) is 30.5. The topological polar surface area (TPSA) is 92.0 Å². The lowest BCUT2D eigenvalue weighted by molar-refractivity contribution is 0.0520. The summed E-state index contributed by atoms with van der Waals surface area (Å²) in [7, 11) is 1.95. The molecule has 3 heterocycles. The minimum atomic E-state index is -0.418. The van der Waals surface area contributed by atoms with Crippen LogP contribution in [0.5, 0.6) is 5.88 Å². The summed E-state index contributed by atoms with van der Waals surface area (Å²) < 4.78 is 13.0. The Balaban J connectivity index is 1.23. The van der Waals surface area contributed by atoms with Crippen molar-refractivity contribution in [2.24, 2.45) is 13.0 Å². The summed E-state index contributed by atoms with van der Waals surface area (Å²) in [6, 6.07) is 11.1. The van der Waals surface area contributed by atoms with Gasteiger partial charge in [0, 0.05) is 30.8 Å². The Labute approximate surface area is 226 Å². The predicted octanol–water partition coefficient (Wildman–Crippen LogP) is 5.90. The van der Waals surface area contributed by atoms with Crippen molar-refractivity contribution in [3.05, 3.63) is 82.2 Å². The number of carbonyl (C=O) groups is 1. The maximum Gasteiger partial charge on any atom is 0.357 e. The van der Waals surface area contributed by atoms with Crippen molar-refractivity contribution in [2.75, 3.05) is 6.61 Å². The van der Waals surface area contributed by atoms with Gasteiger partial charge in [-0.15, -0.1) is 0 Å². The number of ether oxygens (including phenoxy) is 2. The Kier molecular flexibility index (Phi) is 7.69. The van der Waals surface area contributed by atoms with Gasteiger partial charge >= 0.3 is 5.97 Å². The van der Waals surface area contributed by atoms with Gasteiger partial charge in [-0.25, -0.2) is 19.7 Å². The van der Waals surface area contributed by atoms with E-state index in [4.69, 9.17) is 26.1 Å². The van der Waals surface area contributed by atoms with Gasteiger partial charge in [0.15, 0.2) is 17.2 Å². The summed E-state index contributed by atoms with van der Waals surface area (Å²) in [5.41, 5.74) is 5.07. The third-order valence-electron chi connectivity index (χ3n) is 6.88. The average molecular weight is 532 g/mol. The maximum absolute atomic E-state index is 12.1. The molecule has 9 heteroatoms. The smallest absolute Gasteiger partial charge is 0.357 e. The molecule has 8 nitrogen and oxygen atoms in total. The van der Waals surface area contributed by atoms with Crippen LogP contribution in [-0.2, 0) is 24.8 Å². The highest BCUT2D eigenvalue weighted by Crippen LogP contribution is 2.31. The number of aryl methyl sites for hydroxylation is 2. The Hall–Kier alpha value is -3.78. The number of imidazole rings is 1. The average Bonchev–Trinajstić information content (AvgIpc) is 3.23. The first kappa shape index (κ1) is 25.9. The second-order valence-corrected chi connectivity index (χ2v) is 9.94. The number of benzene rings is 1. The van der Waals surface area contributed by atoms with E-state index in [0.717, 1.165) is 53.7 Å². The molecule has 0 bridgehead atoms. The number of allylic oxidation sites excluding steroid dienone is 2. The first-order valence-electron chi connectivity index (χ1n) is 12.8. The Morgan fingerprint density at radius 3 is 2.79 bits per heavy atom. The zero-order chi connectivity index (χ0) is 26.6. The van der Waals surface area contributed by atoms with Crippen LogP contribution in [0.3, 0.4) is 0 Å². The van der Waals surface area contributed by atoms with Gasteiger partial charge in [0.25, 0.3) is 0 Å². The molecule has 1 unspecified atom stereocenters. The molecule has 0 amide bonds. The van der Waals surface area contributed by atoms with Crippen LogP contribution in [0, 0.1) is 12.8 Å². The normalized spacial score (nSPS) is 15.4. The Bertz CT molecular complexity index is 1510. The van der Waals surface area contributed by atoms with Crippen molar-refractivity contribution in [1.29, 1.82) is 0 Å². The van der Waals surface area contributed by atoms with Gasteiger partial charge in [-0.1, -0.05) is 23.7 Å². The first-order chi connectivity index (χ1) is 18.4. The van der Waals surface area contributed by atoms with E-state index in [1.165, 1.54) is 0 Å². The van der Waals surface area contributed by atoms with Gasteiger partial charge in [0.05, 0.1) is 6.61 Å². The van der Waals surface area contributed by atoms with E-state index < -0.39 is 5.97 Å². The number of nitrogens with zero attached hydrogens (tertiary/aromatic N) is 5. The molecular weight excluding hydrogens is 502 g/mol. The monoisotopic (exact) mass is 531 g/mol. The lowest BCUT2D eigenvalue weighted by Gasteiger charge is -2.21. The molecule has 0 N–H and O–H groups in total. The highest BCUT2D eigenvalue weighted by atomic mass is 35.5. The van der Waals surface area contributed by atoms with Crippen LogP contribution in [0.4, 0.5) is 0 Å². The number of carbonyl (C=O) groups excluding carboxylic acids is 1. The molecule has 0 radical (unpaired) electrons. The zero-order valence-corrected chi connectivity index (χ0v) is 22.5. The number of fused-ring (bicyclic) bond motifs is 1. The van der Waals surface area contributed by atoms with Crippen molar-refractivity contribution >= 4 is 34.3 Å². The number of pyridine rings is 1. The fourth-order valence-electron chi connectivity index (χ4n) is 4.70. The predicted molar refractivity (Wildman–Crippen MR) is 146 cm³/mol. The molecule has 196 valence electrons. The summed E-state index contributed by atoms with van der Waals surface area (Å²) >= 11 is 6.06. The Morgan fingerprint density at radius 2 is 2.03 bits per heavy atom. The van der Waals surface area contributed by atoms with Crippen LogP contribution in [0.2, 0.25) is 5.02 Å². The number of hydrogen-bond donors (Lipinski definition) is 0. The molecule has 1 atom stereocenters. The van der Waals surface area contributed by atoms with E-state index in [1.54, 1.807) is 25.3 Å². The molecule has 0 saturated carbocycles. The van der Waals surface area contributed by atoms with Crippen molar-refractivity contribution < 1.29 is 14.3 Å². The summed E-state index contributed by atoms with van der Waals surface area (Å²) in [5.74, 6) is 2.26. The van der Waals surface area contributed by atoms with Crippen molar-refractivity contribution in [3.63, 3.8) is 0 Å². The maximum atomic E-state index is 12.1. The molecule has 1 aliphatic rings. The highest BCUT2D eigenvalue weighted by Gasteiger charge is 2.21. The fraction of sp³-hybridized carbons (Fsp3) is 0.345. The van der Waals surface area contributed by atoms with E-state index >= 15 is 0 Å². The zero-order valence-electron chi connectivity index (χ0n) is 21.8. The Morgan fingerprint density at radius 1 is 1.16 bits per heavy atom. The minimum Gasteiger partial charge on any atom is -0.473 e. The van der Waals surface area contributed by atoms with Crippen LogP contribution in [0.25, 0.3) is 16.7 Å². The summed E-state index contributed by atoms with van der Waals surface area (Å²) in [5, 5.41) is 0.717. The summed E-state index contributed by atoms with van der Waals surface area (Å²) in [6.07, 6.45) is 7.62. The minimum absolute atomic E-state index is 0.300. The molecule has 1 aromatic carbocycles. The van der Waals surface area contributed by atoms with Crippen LogP contribution < -0.4 is 4.74 Å². The third-order valence-corrected chi connectivity index (χ3v) is 7.12. The SMILES string of the molecule is CCOC(=O)c1ccc2nc(CC3CC=C(c4nccc(OCc5ccc(Cl)cc5C)n4)CC3)n(C)c2n1. The molecule has 0 saturated heterocycles. The fourth-order valence-corrected chi connectivity index (χ4v) is 4.92. The molecular formula is C29H30ClN5O3. The van der Waals surface area contributed by atoms with Gasteiger partial charge < -0.3 is 14.0 Å². The van der Waals surface area contributed by atoms with Crippen LogP contribution in [0.15, 0.2) is 48.7 Å². The van der Waals surface area contributed by atoms with Gasteiger partial charge in [0.1, 0.15) is 17.9 Å². The quantitative estimate of drug-likeness (QED) is 0.261. The van der Waals surface area contributed by atoms with Gasteiger partial charge in [-0.05, 0) is 80.0 Å². The molecule has 38 heavy (non-hydrogen) atoms. The van der Waals surface area contributed by atoms with Crippen molar-refractivity contribution in [2.45, 2.75) is 46.1 Å².